The summed E-state index contributed by atoms with van der Waals surface area (Å²) < 4.78 is 33.3. The number of thioether (sulfide) groups is 1. The molecule has 5 rings (SSSR count). The topological polar surface area (TPSA) is 111 Å². The van der Waals surface area contributed by atoms with Crippen LogP contribution in [-0.2, 0) is 10.0 Å². The van der Waals surface area contributed by atoms with Crippen LogP contribution in [0.1, 0.15) is 16.7 Å². The molecule has 11 heteroatoms. The highest BCUT2D eigenvalue weighted by molar-refractivity contribution is 7.99. The smallest absolute Gasteiger partial charge is 0.276 e. The maximum absolute atomic E-state index is 12.8. The van der Waals surface area contributed by atoms with E-state index < -0.39 is 10.0 Å². The molecular formula is C29H26N6O3S2. The third kappa shape index (κ3) is 6.74. The summed E-state index contributed by atoms with van der Waals surface area (Å²) in [5, 5.41) is 16.9. The summed E-state index contributed by atoms with van der Waals surface area (Å²) in [7, 11) is -3.83. The van der Waals surface area contributed by atoms with Gasteiger partial charge in [-0.2, -0.15) is 23.0 Å². The number of aromatic nitrogens is 4. The molecule has 0 bridgehead atoms. The van der Waals surface area contributed by atoms with Crippen molar-refractivity contribution in [2.75, 3.05) is 12.4 Å². The molecule has 0 radical (unpaired) electrons. The minimum absolute atomic E-state index is 0.147. The fourth-order valence-electron chi connectivity index (χ4n) is 3.77. The second-order valence-electron chi connectivity index (χ2n) is 8.66. The molecule has 1 N–H and O–H groups in total. The van der Waals surface area contributed by atoms with Gasteiger partial charge in [0, 0.05) is 16.9 Å². The predicted molar refractivity (Wildman–Crippen MR) is 155 cm³/mol. The third-order valence-electron chi connectivity index (χ3n) is 5.81. The minimum atomic E-state index is -3.83. The molecule has 1 aromatic heterocycles. The van der Waals surface area contributed by atoms with E-state index in [2.05, 4.69) is 25.5 Å². The van der Waals surface area contributed by atoms with Crippen LogP contribution in [0.15, 0.2) is 124 Å². The van der Waals surface area contributed by atoms with Gasteiger partial charge in [0.25, 0.3) is 10.0 Å². The summed E-state index contributed by atoms with van der Waals surface area (Å²) >= 11 is 1.50. The van der Waals surface area contributed by atoms with Crippen LogP contribution in [0.3, 0.4) is 0 Å². The Morgan fingerprint density at radius 2 is 1.52 bits per heavy atom. The van der Waals surface area contributed by atoms with Crippen molar-refractivity contribution in [2.24, 2.45) is 5.10 Å². The van der Waals surface area contributed by atoms with Crippen molar-refractivity contribution in [3.05, 3.63) is 126 Å². The van der Waals surface area contributed by atoms with Gasteiger partial charge in [-0.15, -0.1) is 5.10 Å². The number of tetrazole rings is 1. The molecule has 40 heavy (non-hydrogen) atoms. The van der Waals surface area contributed by atoms with E-state index in [0.29, 0.717) is 29.0 Å². The Morgan fingerprint density at radius 1 is 0.875 bits per heavy atom. The van der Waals surface area contributed by atoms with E-state index in [1.54, 1.807) is 28.9 Å². The van der Waals surface area contributed by atoms with Gasteiger partial charge in [0.15, 0.2) is 0 Å². The van der Waals surface area contributed by atoms with Gasteiger partial charge in [-0.25, -0.2) is 0 Å². The molecule has 0 aliphatic carbocycles. The highest BCUT2D eigenvalue weighted by atomic mass is 32.2. The van der Waals surface area contributed by atoms with Crippen LogP contribution >= 0.6 is 11.8 Å². The SMILES string of the molecule is Cc1ccc(S(=O)(=O)N/N=C(/c2ccccc2)c2ccc(OCCSc3nnnn3-c3ccccc3)cc2)cc1. The lowest BCUT2D eigenvalue weighted by Gasteiger charge is -2.11. The van der Waals surface area contributed by atoms with E-state index in [4.69, 9.17) is 4.74 Å². The molecule has 9 nitrogen and oxygen atoms in total. The lowest BCUT2D eigenvalue weighted by atomic mass is 10.0. The van der Waals surface area contributed by atoms with Crippen molar-refractivity contribution in [2.45, 2.75) is 17.0 Å². The molecule has 202 valence electrons. The fraction of sp³-hybridized carbons (Fsp3) is 0.103. The first-order valence-corrected chi connectivity index (χ1v) is 14.9. The summed E-state index contributed by atoms with van der Waals surface area (Å²) in [6, 6.07) is 33.1. The number of hydrazone groups is 1. The maximum atomic E-state index is 12.8. The number of aryl methyl sites for hydroxylation is 1. The number of ether oxygens (including phenoxy) is 1. The molecular weight excluding hydrogens is 544 g/mol. The molecule has 0 saturated carbocycles. The molecule has 0 aliphatic rings. The van der Waals surface area contributed by atoms with Crippen LogP contribution in [0, 0.1) is 6.92 Å². The van der Waals surface area contributed by atoms with Gasteiger partial charge in [-0.05, 0) is 65.9 Å². The fourth-order valence-corrected chi connectivity index (χ4v) is 5.29. The summed E-state index contributed by atoms with van der Waals surface area (Å²) in [6.45, 7) is 2.35. The van der Waals surface area contributed by atoms with Crippen molar-refractivity contribution in [1.29, 1.82) is 0 Å². The zero-order valence-corrected chi connectivity index (χ0v) is 23.2. The zero-order valence-electron chi connectivity index (χ0n) is 21.6. The second kappa shape index (κ2) is 12.6. The van der Waals surface area contributed by atoms with E-state index in [1.165, 1.54) is 11.8 Å². The summed E-state index contributed by atoms with van der Waals surface area (Å²) in [6.07, 6.45) is 0. The van der Waals surface area contributed by atoms with E-state index in [1.807, 2.05) is 91.9 Å². The standard InChI is InChI=1S/C29H26N6O3S2/c1-22-12-18-27(19-13-22)40(36,37)34-30-28(23-8-4-2-5-9-23)24-14-16-26(17-15-24)38-20-21-39-29-31-32-33-35(29)25-10-6-3-7-11-25/h2-19,34H,20-21H2,1H3/b30-28-. The lowest BCUT2D eigenvalue weighted by molar-refractivity contribution is 0.344. The molecule has 0 fully saturated rings. The van der Waals surface area contributed by atoms with Crippen LogP contribution in [0.2, 0.25) is 0 Å². The van der Waals surface area contributed by atoms with Gasteiger partial charge < -0.3 is 4.74 Å². The first-order chi connectivity index (χ1) is 19.5. The summed E-state index contributed by atoms with van der Waals surface area (Å²) in [4.78, 5) is 2.53. The molecule has 1 heterocycles. The summed E-state index contributed by atoms with van der Waals surface area (Å²) in [5.74, 6) is 1.33. The highest BCUT2D eigenvalue weighted by Crippen LogP contribution is 2.20. The van der Waals surface area contributed by atoms with Crippen molar-refractivity contribution in [1.82, 2.24) is 25.0 Å². The molecule has 4 aromatic carbocycles. The monoisotopic (exact) mass is 570 g/mol. The number of para-hydroxylation sites is 1. The van der Waals surface area contributed by atoms with Crippen molar-refractivity contribution < 1.29 is 13.2 Å². The number of hydrogen-bond donors (Lipinski definition) is 1. The van der Waals surface area contributed by atoms with Crippen molar-refractivity contribution >= 4 is 27.5 Å². The molecule has 0 aliphatic heterocycles. The molecule has 0 amide bonds. The minimum Gasteiger partial charge on any atom is -0.493 e. The zero-order chi connectivity index (χ0) is 27.8. The number of benzene rings is 4. The average molecular weight is 571 g/mol. The normalized spacial score (nSPS) is 11.8. The number of nitrogens with one attached hydrogen (secondary N) is 1. The Hall–Kier alpha value is -4.48. The van der Waals surface area contributed by atoms with Gasteiger partial charge in [0.05, 0.1) is 22.9 Å². The molecule has 0 unspecified atom stereocenters. The van der Waals surface area contributed by atoms with Gasteiger partial charge in [-0.3, -0.25) is 0 Å². The number of rotatable bonds is 11. The highest BCUT2D eigenvalue weighted by Gasteiger charge is 2.15. The first-order valence-electron chi connectivity index (χ1n) is 12.4. The van der Waals surface area contributed by atoms with E-state index in [0.717, 1.165) is 22.4 Å². The Kier molecular flexibility index (Phi) is 8.53. The van der Waals surface area contributed by atoms with Crippen LogP contribution in [0.25, 0.3) is 5.69 Å². The quantitative estimate of drug-likeness (QED) is 0.104. The van der Waals surface area contributed by atoms with Gasteiger partial charge in [-0.1, -0.05) is 78.0 Å². The average Bonchev–Trinajstić information content (AvgIpc) is 3.46. The molecule has 0 spiro atoms. The van der Waals surface area contributed by atoms with Gasteiger partial charge >= 0.3 is 0 Å². The third-order valence-corrected chi connectivity index (χ3v) is 7.92. The van der Waals surface area contributed by atoms with Crippen LogP contribution in [0.5, 0.6) is 5.75 Å². The first kappa shape index (κ1) is 27.1. The Bertz CT molecular complexity index is 1670. The Labute approximate surface area is 237 Å². The number of nitrogens with zero attached hydrogens (tertiary/aromatic N) is 5. The molecule has 5 aromatic rings. The van der Waals surface area contributed by atoms with Crippen molar-refractivity contribution in [3.63, 3.8) is 0 Å². The molecule has 0 atom stereocenters. The number of hydrogen-bond acceptors (Lipinski definition) is 8. The van der Waals surface area contributed by atoms with Crippen LogP contribution < -0.4 is 9.57 Å². The van der Waals surface area contributed by atoms with Crippen molar-refractivity contribution in [3.8, 4) is 11.4 Å². The largest absolute Gasteiger partial charge is 0.493 e. The Balaban J connectivity index is 1.25. The van der Waals surface area contributed by atoms with Crippen LogP contribution in [0.4, 0.5) is 0 Å². The van der Waals surface area contributed by atoms with E-state index in [-0.39, 0.29) is 4.90 Å². The lowest BCUT2D eigenvalue weighted by Crippen LogP contribution is -2.21. The van der Waals surface area contributed by atoms with Gasteiger partial charge in [0.1, 0.15) is 5.75 Å². The van der Waals surface area contributed by atoms with Crippen LogP contribution in [-0.4, -0.2) is 46.7 Å². The van der Waals surface area contributed by atoms with E-state index >= 15 is 0 Å². The van der Waals surface area contributed by atoms with E-state index in [9.17, 15) is 8.42 Å². The maximum Gasteiger partial charge on any atom is 0.276 e. The molecule has 0 saturated heterocycles. The Morgan fingerprint density at radius 3 is 2.23 bits per heavy atom. The number of sulfonamides is 1. The predicted octanol–water partition coefficient (Wildman–Crippen LogP) is 4.87. The summed E-state index contributed by atoms with van der Waals surface area (Å²) in [5.41, 5.74) is 3.87. The van der Waals surface area contributed by atoms with Gasteiger partial charge in [0.2, 0.25) is 5.16 Å². The second-order valence-corrected chi connectivity index (χ2v) is 11.4.